The fourth-order valence-corrected chi connectivity index (χ4v) is 1.64. The van der Waals surface area contributed by atoms with Crippen molar-refractivity contribution >= 4 is 5.97 Å². The first-order valence-electron chi connectivity index (χ1n) is 4.75. The van der Waals surface area contributed by atoms with Crippen LogP contribution in [0.2, 0.25) is 0 Å². The average molecular weight is 239 g/mol. The summed E-state index contributed by atoms with van der Waals surface area (Å²) in [6.45, 7) is 0. The summed E-state index contributed by atoms with van der Waals surface area (Å²) in [6.07, 6.45) is -2.91. The standard InChI is InChI=1S/C10H9NO6/c1-16-10(13)5-2-3-7-6(4-5)8(12)9(17-7)11(14)15/h2-4,8-9,12H,1H3/t8-,9+/m1/s1. The second kappa shape index (κ2) is 4.02. The van der Waals surface area contributed by atoms with Crippen LogP contribution in [0.15, 0.2) is 18.2 Å². The van der Waals surface area contributed by atoms with E-state index in [1.54, 1.807) is 0 Å². The molecule has 1 aliphatic rings. The van der Waals surface area contributed by atoms with Crippen molar-refractivity contribution in [2.24, 2.45) is 0 Å². The lowest BCUT2D eigenvalue weighted by Crippen LogP contribution is -2.27. The zero-order chi connectivity index (χ0) is 12.6. The normalized spacial score (nSPS) is 21.5. The van der Waals surface area contributed by atoms with Crippen LogP contribution in [0, 0.1) is 10.1 Å². The van der Waals surface area contributed by atoms with E-state index in [2.05, 4.69) is 4.74 Å². The van der Waals surface area contributed by atoms with Gasteiger partial charge < -0.3 is 14.6 Å². The van der Waals surface area contributed by atoms with Crippen LogP contribution >= 0.6 is 0 Å². The highest BCUT2D eigenvalue weighted by molar-refractivity contribution is 5.89. The van der Waals surface area contributed by atoms with Gasteiger partial charge in [0.1, 0.15) is 5.75 Å². The number of aliphatic hydroxyl groups is 1. The highest BCUT2D eigenvalue weighted by Crippen LogP contribution is 2.37. The molecule has 1 aromatic rings. The van der Waals surface area contributed by atoms with E-state index in [9.17, 15) is 20.0 Å². The third-order valence-electron chi connectivity index (χ3n) is 2.48. The highest BCUT2D eigenvalue weighted by Gasteiger charge is 2.42. The van der Waals surface area contributed by atoms with Gasteiger partial charge in [-0.05, 0) is 18.2 Å². The van der Waals surface area contributed by atoms with E-state index in [0.29, 0.717) is 0 Å². The SMILES string of the molecule is COC(=O)c1ccc2c(c1)[C@@H](O)[C@@H]([N+](=O)[O-])O2. The van der Waals surface area contributed by atoms with E-state index < -0.39 is 23.2 Å². The molecule has 7 nitrogen and oxygen atoms in total. The van der Waals surface area contributed by atoms with Gasteiger partial charge in [0.25, 0.3) is 0 Å². The van der Waals surface area contributed by atoms with Gasteiger partial charge in [-0.15, -0.1) is 0 Å². The number of rotatable bonds is 2. The summed E-state index contributed by atoms with van der Waals surface area (Å²) in [4.78, 5) is 21.1. The molecule has 0 unspecified atom stereocenters. The molecule has 90 valence electrons. The van der Waals surface area contributed by atoms with E-state index >= 15 is 0 Å². The molecule has 2 rings (SSSR count). The fraction of sp³-hybridized carbons (Fsp3) is 0.300. The van der Waals surface area contributed by atoms with Crippen LogP contribution in [-0.2, 0) is 4.74 Å². The lowest BCUT2D eigenvalue weighted by atomic mass is 10.1. The molecule has 0 fully saturated rings. The quantitative estimate of drug-likeness (QED) is 0.458. The number of carbonyl (C=O) groups excluding carboxylic acids is 1. The van der Waals surface area contributed by atoms with Crippen LogP contribution in [0.25, 0.3) is 0 Å². The summed E-state index contributed by atoms with van der Waals surface area (Å²) in [5, 5.41) is 20.3. The second-order valence-electron chi connectivity index (χ2n) is 3.48. The smallest absolute Gasteiger partial charge is 0.384 e. The van der Waals surface area contributed by atoms with Gasteiger partial charge in [-0.1, -0.05) is 0 Å². The Bertz CT molecular complexity index is 486. The molecule has 0 amide bonds. The van der Waals surface area contributed by atoms with Gasteiger partial charge >= 0.3 is 12.2 Å². The monoisotopic (exact) mass is 239 g/mol. The molecular formula is C10H9NO6. The first kappa shape index (κ1) is 11.3. The molecule has 0 aromatic heterocycles. The third-order valence-corrected chi connectivity index (χ3v) is 2.48. The highest BCUT2D eigenvalue weighted by atomic mass is 16.7. The number of hydrogen-bond donors (Lipinski definition) is 1. The molecule has 0 bridgehead atoms. The van der Waals surface area contributed by atoms with Crippen molar-refractivity contribution in [2.45, 2.75) is 12.3 Å². The molecule has 1 aromatic carbocycles. The average Bonchev–Trinajstić information content (AvgIpc) is 2.65. The molecule has 1 N–H and O–H groups in total. The van der Waals surface area contributed by atoms with Crippen molar-refractivity contribution in [3.63, 3.8) is 0 Å². The van der Waals surface area contributed by atoms with Gasteiger partial charge in [-0.3, -0.25) is 10.1 Å². The molecular weight excluding hydrogens is 230 g/mol. The Labute approximate surface area is 95.7 Å². The van der Waals surface area contributed by atoms with Crippen LogP contribution in [0.5, 0.6) is 5.75 Å². The summed E-state index contributed by atoms with van der Waals surface area (Å²) in [5.41, 5.74) is 0.424. The van der Waals surface area contributed by atoms with Crippen LogP contribution in [0.3, 0.4) is 0 Å². The van der Waals surface area contributed by atoms with Crippen LogP contribution in [-0.4, -0.2) is 29.3 Å². The Morgan fingerprint density at radius 3 is 2.88 bits per heavy atom. The van der Waals surface area contributed by atoms with Crippen molar-refractivity contribution in [1.29, 1.82) is 0 Å². The maximum atomic E-state index is 11.3. The second-order valence-corrected chi connectivity index (χ2v) is 3.48. The molecule has 1 aliphatic heterocycles. The summed E-state index contributed by atoms with van der Waals surface area (Å²) in [6, 6.07) is 4.14. The lowest BCUT2D eigenvalue weighted by molar-refractivity contribution is -0.572. The molecule has 0 saturated carbocycles. The molecule has 0 saturated heterocycles. The third kappa shape index (κ3) is 1.80. The van der Waals surface area contributed by atoms with E-state index in [0.717, 1.165) is 0 Å². The summed E-state index contributed by atoms with van der Waals surface area (Å²) in [7, 11) is 1.22. The zero-order valence-electron chi connectivity index (χ0n) is 8.82. The predicted molar refractivity (Wildman–Crippen MR) is 54.2 cm³/mol. The Hall–Kier alpha value is -2.15. The number of benzene rings is 1. The first-order valence-corrected chi connectivity index (χ1v) is 4.75. The molecule has 0 radical (unpaired) electrons. The van der Waals surface area contributed by atoms with E-state index in [-0.39, 0.29) is 16.9 Å². The largest absolute Gasteiger partial charge is 0.465 e. The number of hydrogen-bond acceptors (Lipinski definition) is 6. The Morgan fingerprint density at radius 1 is 1.59 bits per heavy atom. The van der Waals surface area contributed by atoms with Crippen molar-refractivity contribution in [3.05, 3.63) is 39.4 Å². The maximum Gasteiger partial charge on any atom is 0.384 e. The minimum Gasteiger partial charge on any atom is -0.465 e. The molecule has 7 heteroatoms. The molecule has 1 heterocycles. The van der Waals surface area contributed by atoms with Crippen molar-refractivity contribution in [2.75, 3.05) is 7.11 Å². The topological polar surface area (TPSA) is 98.9 Å². The van der Waals surface area contributed by atoms with Gasteiger partial charge in [0.15, 0.2) is 6.10 Å². The fourth-order valence-electron chi connectivity index (χ4n) is 1.64. The van der Waals surface area contributed by atoms with Gasteiger partial charge in [0, 0.05) is 5.56 Å². The van der Waals surface area contributed by atoms with Crippen LogP contribution in [0.4, 0.5) is 0 Å². The van der Waals surface area contributed by atoms with E-state index in [4.69, 9.17) is 4.74 Å². The molecule has 0 spiro atoms. The summed E-state index contributed by atoms with van der Waals surface area (Å²) < 4.78 is 9.46. The molecule has 0 aliphatic carbocycles. The van der Waals surface area contributed by atoms with Gasteiger partial charge in [0.05, 0.1) is 17.6 Å². The maximum absolute atomic E-state index is 11.3. The number of fused-ring (bicyclic) bond motifs is 1. The molecule has 17 heavy (non-hydrogen) atoms. The number of nitrogens with zero attached hydrogens (tertiary/aromatic N) is 1. The minimum atomic E-state index is -1.53. The van der Waals surface area contributed by atoms with Crippen molar-refractivity contribution in [3.8, 4) is 5.75 Å². The van der Waals surface area contributed by atoms with Crippen molar-refractivity contribution < 1.29 is 24.3 Å². The number of methoxy groups -OCH3 is 1. The Kier molecular flexibility index (Phi) is 2.68. The summed E-state index contributed by atoms with van der Waals surface area (Å²) in [5.74, 6) is -0.378. The number of carbonyl (C=O) groups is 1. The number of nitro groups is 1. The first-order chi connectivity index (χ1) is 8.04. The van der Waals surface area contributed by atoms with E-state index in [1.807, 2.05) is 0 Å². The van der Waals surface area contributed by atoms with Crippen LogP contribution < -0.4 is 4.74 Å². The summed E-state index contributed by atoms with van der Waals surface area (Å²) >= 11 is 0. The number of aliphatic hydroxyl groups excluding tert-OH is 1. The zero-order valence-corrected chi connectivity index (χ0v) is 8.82. The lowest BCUT2D eigenvalue weighted by Gasteiger charge is -2.04. The number of esters is 1. The Balaban J connectivity index is 2.37. The van der Waals surface area contributed by atoms with Crippen molar-refractivity contribution in [1.82, 2.24) is 0 Å². The molecule has 2 atom stereocenters. The van der Waals surface area contributed by atoms with Crippen LogP contribution in [0.1, 0.15) is 22.0 Å². The van der Waals surface area contributed by atoms with Gasteiger partial charge in [0.2, 0.25) is 0 Å². The predicted octanol–water partition coefficient (Wildman–Crippen LogP) is 0.502. The van der Waals surface area contributed by atoms with Gasteiger partial charge in [-0.25, -0.2) is 4.79 Å². The minimum absolute atomic E-state index is 0.201. The Morgan fingerprint density at radius 2 is 2.29 bits per heavy atom. The van der Waals surface area contributed by atoms with Gasteiger partial charge in [-0.2, -0.15) is 0 Å². The van der Waals surface area contributed by atoms with E-state index in [1.165, 1.54) is 25.3 Å². The number of ether oxygens (including phenoxy) is 2.